The van der Waals surface area contributed by atoms with Crippen molar-refractivity contribution < 1.29 is 9.59 Å². The van der Waals surface area contributed by atoms with Gasteiger partial charge in [0.2, 0.25) is 11.8 Å². The molecule has 0 aliphatic rings. The van der Waals surface area contributed by atoms with Gasteiger partial charge in [-0.25, -0.2) is 0 Å². The maximum absolute atomic E-state index is 13.0. The predicted octanol–water partition coefficient (Wildman–Crippen LogP) is 3.48. The summed E-state index contributed by atoms with van der Waals surface area (Å²) in [7, 11) is 0. The molecule has 2 amide bonds. The van der Waals surface area contributed by atoms with Crippen molar-refractivity contribution >= 4 is 11.8 Å². The third kappa shape index (κ3) is 5.73. The number of nitrogens with one attached hydrogen (secondary N) is 1. The third-order valence-corrected chi connectivity index (χ3v) is 4.23. The summed E-state index contributed by atoms with van der Waals surface area (Å²) in [6.45, 7) is 8.04. The van der Waals surface area contributed by atoms with Crippen LogP contribution < -0.4 is 5.32 Å². The molecule has 2 rings (SSSR count). The Bertz CT molecular complexity index is 741. The monoisotopic (exact) mass is 352 g/mol. The van der Waals surface area contributed by atoms with Gasteiger partial charge in [0, 0.05) is 12.6 Å². The van der Waals surface area contributed by atoms with Gasteiger partial charge >= 0.3 is 0 Å². The zero-order valence-electron chi connectivity index (χ0n) is 16.0. The normalized spacial score (nSPS) is 11.9. The van der Waals surface area contributed by atoms with E-state index in [1.807, 2.05) is 75.4 Å². The summed E-state index contributed by atoms with van der Waals surface area (Å²) in [5.41, 5.74) is 3.09. The smallest absolute Gasteiger partial charge is 0.242 e. The van der Waals surface area contributed by atoms with Gasteiger partial charge in [-0.3, -0.25) is 9.59 Å². The number of nitrogens with zero attached hydrogens (tertiary/aromatic N) is 1. The van der Waals surface area contributed by atoms with Gasteiger partial charge in [0.15, 0.2) is 0 Å². The quantitative estimate of drug-likeness (QED) is 0.829. The lowest BCUT2D eigenvalue weighted by atomic mass is 10.1. The Kier molecular flexibility index (Phi) is 6.96. The molecule has 0 heterocycles. The van der Waals surface area contributed by atoms with E-state index in [1.165, 1.54) is 0 Å². The fourth-order valence-electron chi connectivity index (χ4n) is 2.87. The van der Waals surface area contributed by atoms with Crippen LogP contribution in [0.25, 0.3) is 0 Å². The van der Waals surface area contributed by atoms with E-state index in [0.717, 1.165) is 16.7 Å². The number of carbonyl (C=O) groups is 2. The van der Waals surface area contributed by atoms with Crippen molar-refractivity contribution in [2.75, 3.05) is 0 Å². The van der Waals surface area contributed by atoms with E-state index in [-0.39, 0.29) is 24.3 Å². The second-order valence-electron chi connectivity index (χ2n) is 7.01. The molecule has 0 aliphatic heterocycles. The number of benzene rings is 2. The van der Waals surface area contributed by atoms with Crippen LogP contribution in [-0.2, 0) is 22.6 Å². The van der Waals surface area contributed by atoms with Crippen molar-refractivity contribution in [3.8, 4) is 0 Å². The van der Waals surface area contributed by atoms with Crippen molar-refractivity contribution in [2.45, 2.75) is 52.7 Å². The van der Waals surface area contributed by atoms with Crippen LogP contribution in [-0.4, -0.2) is 28.8 Å². The molecule has 26 heavy (non-hydrogen) atoms. The van der Waals surface area contributed by atoms with E-state index in [2.05, 4.69) is 5.32 Å². The lowest BCUT2D eigenvalue weighted by Crippen LogP contribution is -2.49. The fourth-order valence-corrected chi connectivity index (χ4v) is 2.87. The van der Waals surface area contributed by atoms with Crippen molar-refractivity contribution in [3.63, 3.8) is 0 Å². The molecule has 0 bridgehead atoms. The van der Waals surface area contributed by atoms with Crippen molar-refractivity contribution in [1.29, 1.82) is 0 Å². The number of amides is 2. The largest absolute Gasteiger partial charge is 0.352 e. The molecule has 0 saturated heterocycles. The molecule has 0 unspecified atom stereocenters. The molecule has 4 heteroatoms. The molecule has 1 N–H and O–H groups in total. The van der Waals surface area contributed by atoms with Crippen molar-refractivity contribution in [3.05, 3.63) is 71.3 Å². The van der Waals surface area contributed by atoms with Crippen LogP contribution in [0, 0.1) is 6.92 Å². The van der Waals surface area contributed by atoms with Crippen LogP contribution in [0.4, 0.5) is 0 Å². The van der Waals surface area contributed by atoms with Gasteiger partial charge < -0.3 is 10.2 Å². The Labute approximate surface area is 156 Å². The Morgan fingerprint density at radius 2 is 1.62 bits per heavy atom. The fraction of sp³-hybridized carbons (Fsp3) is 0.364. The van der Waals surface area contributed by atoms with Gasteiger partial charge in [-0.1, -0.05) is 60.2 Å². The van der Waals surface area contributed by atoms with E-state index in [0.29, 0.717) is 6.54 Å². The van der Waals surface area contributed by atoms with E-state index in [1.54, 1.807) is 11.8 Å². The third-order valence-electron chi connectivity index (χ3n) is 4.23. The molecule has 0 aliphatic carbocycles. The van der Waals surface area contributed by atoms with Crippen molar-refractivity contribution in [2.24, 2.45) is 0 Å². The summed E-state index contributed by atoms with van der Waals surface area (Å²) in [6, 6.07) is 17.2. The minimum absolute atomic E-state index is 0.0374. The SMILES string of the molecule is Cc1cccc(CC(=O)N(Cc2ccccc2)[C@@H](C)C(=O)NC(C)C)c1. The molecule has 4 nitrogen and oxygen atoms in total. The summed E-state index contributed by atoms with van der Waals surface area (Å²) in [6.07, 6.45) is 0.286. The zero-order chi connectivity index (χ0) is 19.1. The summed E-state index contributed by atoms with van der Waals surface area (Å²) in [5, 5.41) is 2.90. The zero-order valence-corrected chi connectivity index (χ0v) is 16.0. The van der Waals surface area contributed by atoms with Crippen LogP contribution in [0.1, 0.15) is 37.5 Å². The molecule has 2 aromatic rings. The first-order valence-corrected chi connectivity index (χ1v) is 9.06. The summed E-state index contributed by atoms with van der Waals surface area (Å²) >= 11 is 0. The van der Waals surface area contributed by atoms with Gasteiger partial charge in [0.25, 0.3) is 0 Å². The van der Waals surface area contributed by atoms with E-state index in [4.69, 9.17) is 0 Å². The van der Waals surface area contributed by atoms with Gasteiger partial charge in [-0.15, -0.1) is 0 Å². The molecule has 2 aromatic carbocycles. The maximum atomic E-state index is 13.0. The molecule has 0 fully saturated rings. The van der Waals surface area contributed by atoms with Crippen LogP contribution in [0.5, 0.6) is 0 Å². The number of rotatable bonds is 7. The topological polar surface area (TPSA) is 49.4 Å². The van der Waals surface area contributed by atoms with E-state index >= 15 is 0 Å². The molecule has 1 atom stereocenters. The summed E-state index contributed by atoms with van der Waals surface area (Å²) in [5.74, 6) is -0.181. The van der Waals surface area contributed by atoms with Crippen LogP contribution in [0.15, 0.2) is 54.6 Å². The maximum Gasteiger partial charge on any atom is 0.242 e. The first-order chi connectivity index (χ1) is 12.4. The minimum atomic E-state index is -0.532. The second kappa shape index (κ2) is 9.18. The van der Waals surface area contributed by atoms with Gasteiger partial charge in [-0.2, -0.15) is 0 Å². The highest BCUT2D eigenvalue weighted by atomic mass is 16.2. The number of hydrogen-bond donors (Lipinski definition) is 1. The molecule has 0 radical (unpaired) electrons. The summed E-state index contributed by atoms with van der Waals surface area (Å²) in [4.78, 5) is 27.2. The average molecular weight is 352 g/mol. The Balaban J connectivity index is 2.20. The lowest BCUT2D eigenvalue weighted by Gasteiger charge is -2.29. The van der Waals surface area contributed by atoms with E-state index in [9.17, 15) is 9.59 Å². The lowest BCUT2D eigenvalue weighted by molar-refractivity contribution is -0.140. The highest BCUT2D eigenvalue weighted by Crippen LogP contribution is 2.13. The minimum Gasteiger partial charge on any atom is -0.352 e. The number of hydrogen-bond acceptors (Lipinski definition) is 2. The Morgan fingerprint density at radius 1 is 0.962 bits per heavy atom. The number of carbonyl (C=O) groups excluding carboxylic acids is 2. The molecule has 138 valence electrons. The van der Waals surface area contributed by atoms with E-state index < -0.39 is 6.04 Å². The van der Waals surface area contributed by atoms with Gasteiger partial charge in [0.1, 0.15) is 6.04 Å². The molecule has 0 saturated carbocycles. The second-order valence-corrected chi connectivity index (χ2v) is 7.01. The van der Waals surface area contributed by atoms with Crippen LogP contribution >= 0.6 is 0 Å². The molecular formula is C22H28N2O2. The standard InChI is InChI=1S/C22H28N2O2/c1-16(2)23-22(26)18(4)24(15-19-10-6-5-7-11-19)21(25)14-20-12-8-9-17(3)13-20/h5-13,16,18H,14-15H2,1-4H3,(H,23,26)/t18-/m0/s1. The van der Waals surface area contributed by atoms with Gasteiger partial charge in [-0.05, 0) is 38.8 Å². The first-order valence-electron chi connectivity index (χ1n) is 9.06. The average Bonchev–Trinajstić information content (AvgIpc) is 2.59. The summed E-state index contributed by atoms with van der Waals surface area (Å²) < 4.78 is 0. The van der Waals surface area contributed by atoms with Gasteiger partial charge in [0.05, 0.1) is 6.42 Å². The Hall–Kier alpha value is -2.62. The predicted molar refractivity (Wildman–Crippen MR) is 105 cm³/mol. The Morgan fingerprint density at radius 3 is 2.23 bits per heavy atom. The van der Waals surface area contributed by atoms with Crippen molar-refractivity contribution in [1.82, 2.24) is 10.2 Å². The first kappa shape index (κ1) is 19.7. The molecule has 0 aromatic heterocycles. The molecule has 0 spiro atoms. The molecular weight excluding hydrogens is 324 g/mol. The van der Waals surface area contributed by atoms with Crippen LogP contribution in [0.2, 0.25) is 0 Å². The highest BCUT2D eigenvalue weighted by Gasteiger charge is 2.26. The highest BCUT2D eigenvalue weighted by molar-refractivity contribution is 5.88. The number of aryl methyl sites for hydroxylation is 1. The van der Waals surface area contributed by atoms with Crippen LogP contribution in [0.3, 0.4) is 0 Å².